The molecule has 5 heteroatoms. The summed E-state index contributed by atoms with van der Waals surface area (Å²) in [5.41, 5.74) is 3.68. The third-order valence-electron chi connectivity index (χ3n) is 4.62. The minimum atomic E-state index is -0.0519. The van der Waals surface area contributed by atoms with Crippen LogP contribution in [0.4, 0.5) is 5.69 Å². The summed E-state index contributed by atoms with van der Waals surface area (Å²) in [7, 11) is 0. The molecule has 1 amide bonds. The summed E-state index contributed by atoms with van der Waals surface area (Å²) in [5, 5.41) is 12.8. The molecule has 1 saturated heterocycles. The molecule has 0 bridgehead atoms. The van der Waals surface area contributed by atoms with E-state index in [1.807, 2.05) is 43.5 Å². The van der Waals surface area contributed by atoms with Crippen molar-refractivity contribution >= 4 is 11.6 Å². The van der Waals surface area contributed by atoms with Crippen molar-refractivity contribution in [3.05, 3.63) is 59.4 Å². The van der Waals surface area contributed by atoms with E-state index in [4.69, 9.17) is 0 Å². The number of aromatic nitrogens is 1. The van der Waals surface area contributed by atoms with Gasteiger partial charge in [0.1, 0.15) is 0 Å². The molecule has 1 aliphatic heterocycles. The standard InChI is InChI=1S/C19H23N3O2/c1-14-17(19(24)22-10-4-6-16(22)13-23)7-2-8-18(14)21-12-15-5-3-9-20-11-15/h2-3,5,7-9,11,16,21,23H,4,6,10,12-13H2,1H3/t16-/m0/s1. The lowest BCUT2D eigenvalue weighted by Gasteiger charge is -2.24. The highest BCUT2D eigenvalue weighted by Gasteiger charge is 2.29. The van der Waals surface area contributed by atoms with Crippen molar-refractivity contribution in [1.29, 1.82) is 0 Å². The van der Waals surface area contributed by atoms with Crippen molar-refractivity contribution in [3.8, 4) is 0 Å². The van der Waals surface area contributed by atoms with E-state index in [1.54, 1.807) is 11.1 Å². The first-order valence-electron chi connectivity index (χ1n) is 8.35. The number of benzene rings is 1. The van der Waals surface area contributed by atoms with Crippen molar-refractivity contribution in [2.24, 2.45) is 0 Å². The Balaban J connectivity index is 1.76. The number of carbonyl (C=O) groups is 1. The van der Waals surface area contributed by atoms with Crippen molar-refractivity contribution in [2.45, 2.75) is 32.4 Å². The summed E-state index contributed by atoms with van der Waals surface area (Å²) < 4.78 is 0. The van der Waals surface area contributed by atoms with Gasteiger partial charge < -0.3 is 15.3 Å². The van der Waals surface area contributed by atoms with Gasteiger partial charge in [0.05, 0.1) is 12.6 Å². The molecule has 2 N–H and O–H groups in total. The predicted octanol–water partition coefficient (Wildman–Crippen LogP) is 2.60. The maximum Gasteiger partial charge on any atom is 0.254 e. The van der Waals surface area contributed by atoms with E-state index in [0.29, 0.717) is 12.1 Å². The van der Waals surface area contributed by atoms with Crippen molar-refractivity contribution in [1.82, 2.24) is 9.88 Å². The normalized spacial score (nSPS) is 17.1. The second-order valence-electron chi connectivity index (χ2n) is 6.17. The van der Waals surface area contributed by atoms with E-state index in [-0.39, 0.29) is 18.6 Å². The Morgan fingerprint density at radius 1 is 1.38 bits per heavy atom. The maximum absolute atomic E-state index is 12.8. The number of hydrogen-bond donors (Lipinski definition) is 2. The van der Waals surface area contributed by atoms with Gasteiger partial charge in [-0.2, -0.15) is 0 Å². The summed E-state index contributed by atoms with van der Waals surface area (Å²) in [4.78, 5) is 18.8. The summed E-state index contributed by atoms with van der Waals surface area (Å²) in [6, 6.07) is 9.61. The quantitative estimate of drug-likeness (QED) is 0.887. The fourth-order valence-electron chi connectivity index (χ4n) is 3.21. The fourth-order valence-corrected chi connectivity index (χ4v) is 3.21. The van der Waals surface area contributed by atoms with Gasteiger partial charge in [-0.25, -0.2) is 0 Å². The van der Waals surface area contributed by atoms with E-state index >= 15 is 0 Å². The second kappa shape index (κ2) is 7.45. The van der Waals surface area contributed by atoms with E-state index in [2.05, 4.69) is 10.3 Å². The molecule has 1 aliphatic rings. The number of amides is 1. The van der Waals surface area contributed by atoms with Crippen LogP contribution in [0.15, 0.2) is 42.7 Å². The number of likely N-dealkylation sites (tertiary alicyclic amines) is 1. The third kappa shape index (κ3) is 3.41. The fraction of sp³-hybridized carbons (Fsp3) is 0.368. The zero-order valence-electron chi connectivity index (χ0n) is 13.9. The van der Waals surface area contributed by atoms with Crippen LogP contribution in [0, 0.1) is 6.92 Å². The lowest BCUT2D eigenvalue weighted by Crippen LogP contribution is -2.38. The zero-order valence-corrected chi connectivity index (χ0v) is 13.9. The van der Waals surface area contributed by atoms with Gasteiger partial charge in [-0.1, -0.05) is 12.1 Å². The predicted molar refractivity (Wildman–Crippen MR) is 93.9 cm³/mol. The molecule has 0 aliphatic carbocycles. The molecule has 24 heavy (non-hydrogen) atoms. The SMILES string of the molecule is Cc1c(NCc2cccnc2)cccc1C(=O)N1CCC[C@H]1CO. The molecule has 0 saturated carbocycles. The van der Waals surface area contributed by atoms with Crippen LogP contribution in [-0.2, 0) is 6.54 Å². The molecular weight excluding hydrogens is 302 g/mol. The van der Waals surface area contributed by atoms with E-state index in [0.717, 1.165) is 36.2 Å². The Labute approximate surface area is 142 Å². The minimum Gasteiger partial charge on any atom is -0.394 e. The van der Waals surface area contributed by atoms with Crippen LogP contribution in [-0.4, -0.2) is 40.1 Å². The lowest BCUT2D eigenvalue weighted by atomic mass is 10.0. The van der Waals surface area contributed by atoms with Gasteiger partial charge in [0, 0.05) is 36.7 Å². The van der Waals surface area contributed by atoms with Crippen LogP contribution in [0.5, 0.6) is 0 Å². The number of hydrogen-bond acceptors (Lipinski definition) is 4. The highest BCUT2D eigenvalue weighted by molar-refractivity contribution is 5.97. The molecule has 0 radical (unpaired) electrons. The lowest BCUT2D eigenvalue weighted by molar-refractivity contribution is 0.0677. The van der Waals surface area contributed by atoms with Gasteiger partial charge in [0.2, 0.25) is 0 Å². The molecular formula is C19H23N3O2. The van der Waals surface area contributed by atoms with Crippen LogP contribution in [0.3, 0.4) is 0 Å². The van der Waals surface area contributed by atoms with Crippen LogP contribution in [0.25, 0.3) is 0 Å². The summed E-state index contributed by atoms with van der Waals surface area (Å²) >= 11 is 0. The largest absolute Gasteiger partial charge is 0.394 e. The number of aliphatic hydroxyl groups excluding tert-OH is 1. The minimum absolute atomic E-state index is 0.00841. The molecule has 1 aromatic heterocycles. The summed E-state index contributed by atoms with van der Waals surface area (Å²) in [6.45, 7) is 3.37. The molecule has 0 unspecified atom stereocenters. The molecule has 126 valence electrons. The topological polar surface area (TPSA) is 65.5 Å². The van der Waals surface area contributed by atoms with E-state index < -0.39 is 0 Å². The molecule has 5 nitrogen and oxygen atoms in total. The van der Waals surface area contributed by atoms with Gasteiger partial charge in [0.15, 0.2) is 0 Å². The molecule has 1 atom stereocenters. The monoisotopic (exact) mass is 325 g/mol. The molecule has 2 heterocycles. The van der Waals surface area contributed by atoms with Crippen molar-refractivity contribution in [3.63, 3.8) is 0 Å². The van der Waals surface area contributed by atoms with Crippen LogP contribution in [0.1, 0.15) is 34.3 Å². The van der Waals surface area contributed by atoms with Crippen LogP contribution < -0.4 is 5.32 Å². The average molecular weight is 325 g/mol. The molecule has 0 spiro atoms. The average Bonchev–Trinajstić information content (AvgIpc) is 3.10. The Hall–Kier alpha value is -2.40. The van der Waals surface area contributed by atoms with E-state index in [9.17, 15) is 9.90 Å². The maximum atomic E-state index is 12.8. The number of rotatable bonds is 5. The number of nitrogens with zero attached hydrogens (tertiary/aromatic N) is 2. The van der Waals surface area contributed by atoms with Gasteiger partial charge in [-0.3, -0.25) is 9.78 Å². The first kappa shape index (κ1) is 16.5. The summed E-state index contributed by atoms with van der Waals surface area (Å²) in [6.07, 6.45) is 5.41. The summed E-state index contributed by atoms with van der Waals surface area (Å²) in [5.74, 6) is 0.00841. The molecule has 3 rings (SSSR count). The Morgan fingerprint density at radius 2 is 2.25 bits per heavy atom. The number of pyridine rings is 1. The Bertz CT molecular complexity index is 703. The van der Waals surface area contributed by atoms with Gasteiger partial charge in [-0.05, 0) is 49.1 Å². The number of nitrogens with one attached hydrogen (secondary N) is 1. The Morgan fingerprint density at radius 3 is 3.00 bits per heavy atom. The van der Waals surface area contributed by atoms with Gasteiger partial charge in [-0.15, -0.1) is 0 Å². The molecule has 2 aromatic rings. The highest BCUT2D eigenvalue weighted by atomic mass is 16.3. The Kier molecular flexibility index (Phi) is 5.11. The molecule has 1 aromatic carbocycles. The number of carbonyl (C=O) groups excluding carboxylic acids is 1. The molecule has 1 fully saturated rings. The third-order valence-corrected chi connectivity index (χ3v) is 4.62. The second-order valence-corrected chi connectivity index (χ2v) is 6.17. The van der Waals surface area contributed by atoms with Gasteiger partial charge >= 0.3 is 0 Å². The number of aliphatic hydroxyl groups is 1. The first-order chi connectivity index (χ1) is 11.7. The van der Waals surface area contributed by atoms with Crippen molar-refractivity contribution in [2.75, 3.05) is 18.5 Å². The van der Waals surface area contributed by atoms with Crippen molar-refractivity contribution < 1.29 is 9.90 Å². The number of anilines is 1. The zero-order chi connectivity index (χ0) is 16.9. The van der Waals surface area contributed by atoms with E-state index in [1.165, 1.54) is 0 Å². The van der Waals surface area contributed by atoms with Crippen LogP contribution in [0.2, 0.25) is 0 Å². The smallest absolute Gasteiger partial charge is 0.254 e. The first-order valence-corrected chi connectivity index (χ1v) is 8.35. The van der Waals surface area contributed by atoms with Gasteiger partial charge in [0.25, 0.3) is 5.91 Å². The van der Waals surface area contributed by atoms with Crippen LogP contribution >= 0.6 is 0 Å². The highest BCUT2D eigenvalue weighted by Crippen LogP contribution is 2.25.